The molecule has 0 saturated carbocycles. The third-order valence-electron chi connectivity index (χ3n) is 5.66. The predicted octanol–water partition coefficient (Wildman–Crippen LogP) is 2.23. The van der Waals surface area contributed by atoms with E-state index in [1.54, 1.807) is 44.6 Å². The highest BCUT2D eigenvalue weighted by Crippen LogP contribution is 2.33. The lowest BCUT2D eigenvalue weighted by Gasteiger charge is -2.28. The molecule has 0 spiro atoms. The normalized spacial score (nSPS) is 17.1. The first-order chi connectivity index (χ1) is 15.6. The number of carbonyl (C=O) groups excluding carboxylic acids is 2. The topological polar surface area (TPSA) is 80.3 Å². The van der Waals surface area contributed by atoms with Crippen molar-refractivity contribution in [1.29, 1.82) is 0 Å². The average Bonchev–Trinajstić information content (AvgIpc) is 3.07. The molecule has 0 aromatic heterocycles. The number of rotatable bonds is 8. The Morgan fingerprint density at radius 1 is 0.906 bits per heavy atom. The van der Waals surface area contributed by atoms with Gasteiger partial charge in [-0.3, -0.25) is 19.4 Å². The molecule has 8 heteroatoms. The van der Waals surface area contributed by atoms with Crippen LogP contribution < -0.4 is 14.8 Å². The van der Waals surface area contributed by atoms with Crippen LogP contribution in [0, 0.1) is 0 Å². The number of hydrogen-bond acceptors (Lipinski definition) is 7. The second kappa shape index (κ2) is 9.84. The van der Waals surface area contributed by atoms with E-state index in [2.05, 4.69) is 10.2 Å². The summed E-state index contributed by atoms with van der Waals surface area (Å²) in [6, 6.07) is 14.4. The molecule has 32 heavy (non-hydrogen) atoms. The standard InChI is InChI=1S/C24H27N3O5/c1-30-18-9-7-17(8-10-18)21-22(25-19-5-3-4-6-20(19)31-2)24(29)27(23(21)28)12-11-26-13-15-32-16-14-26/h3-10,25H,11-16H2,1-2H3. The highest BCUT2D eigenvalue weighted by Gasteiger charge is 2.39. The summed E-state index contributed by atoms with van der Waals surface area (Å²) in [6.07, 6.45) is 0. The molecule has 2 heterocycles. The number of para-hydroxylation sites is 2. The van der Waals surface area contributed by atoms with Crippen molar-refractivity contribution >= 4 is 23.1 Å². The maximum atomic E-state index is 13.4. The van der Waals surface area contributed by atoms with Gasteiger partial charge in [-0.2, -0.15) is 0 Å². The summed E-state index contributed by atoms with van der Waals surface area (Å²) < 4.78 is 16.0. The van der Waals surface area contributed by atoms with Crippen LogP contribution in [0.1, 0.15) is 5.56 Å². The van der Waals surface area contributed by atoms with Crippen molar-refractivity contribution in [2.24, 2.45) is 0 Å². The number of carbonyl (C=O) groups is 2. The number of nitrogens with zero attached hydrogens (tertiary/aromatic N) is 2. The smallest absolute Gasteiger partial charge is 0.278 e. The van der Waals surface area contributed by atoms with Crippen LogP contribution in [0.5, 0.6) is 11.5 Å². The van der Waals surface area contributed by atoms with Crippen molar-refractivity contribution in [3.05, 3.63) is 59.8 Å². The fourth-order valence-electron chi connectivity index (χ4n) is 3.87. The summed E-state index contributed by atoms with van der Waals surface area (Å²) in [6.45, 7) is 3.84. The maximum absolute atomic E-state index is 13.4. The minimum atomic E-state index is -0.347. The van der Waals surface area contributed by atoms with Gasteiger partial charge in [0.15, 0.2) is 0 Å². The number of ether oxygens (including phenoxy) is 3. The molecule has 0 atom stereocenters. The third-order valence-corrected chi connectivity index (χ3v) is 5.66. The molecule has 8 nitrogen and oxygen atoms in total. The van der Waals surface area contributed by atoms with Crippen LogP contribution in [0.2, 0.25) is 0 Å². The molecule has 0 radical (unpaired) electrons. The van der Waals surface area contributed by atoms with Crippen molar-refractivity contribution in [3.63, 3.8) is 0 Å². The van der Waals surface area contributed by atoms with Crippen molar-refractivity contribution < 1.29 is 23.8 Å². The third kappa shape index (κ3) is 4.46. The van der Waals surface area contributed by atoms with Crippen LogP contribution in [-0.2, 0) is 14.3 Å². The second-order valence-corrected chi connectivity index (χ2v) is 7.52. The minimum absolute atomic E-state index is 0.242. The molecule has 4 rings (SSSR count). The first-order valence-electron chi connectivity index (χ1n) is 10.6. The van der Waals surface area contributed by atoms with E-state index in [0.29, 0.717) is 54.6 Å². The Bertz CT molecular complexity index is 1010. The number of imide groups is 1. The number of nitrogens with one attached hydrogen (secondary N) is 1. The van der Waals surface area contributed by atoms with E-state index in [9.17, 15) is 9.59 Å². The summed E-state index contributed by atoms with van der Waals surface area (Å²) in [5.41, 5.74) is 1.85. The molecule has 1 fully saturated rings. The molecule has 1 saturated heterocycles. The van der Waals surface area contributed by atoms with E-state index in [4.69, 9.17) is 14.2 Å². The molecule has 2 aliphatic rings. The van der Waals surface area contributed by atoms with Gasteiger partial charge < -0.3 is 19.5 Å². The fraction of sp³-hybridized carbons (Fsp3) is 0.333. The Hall–Kier alpha value is -3.36. The van der Waals surface area contributed by atoms with Gasteiger partial charge in [-0.1, -0.05) is 24.3 Å². The van der Waals surface area contributed by atoms with Gasteiger partial charge >= 0.3 is 0 Å². The van der Waals surface area contributed by atoms with Gasteiger partial charge in [0.25, 0.3) is 11.8 Å². The molecular weight excluding hydrogens is 410 g/mol. The molecule has 0 bridgehead atoms. The average molecular weight is 437 g/mol. The van der Waals surface area contributed by atoms with Gasteiger partial charge in [0.05, 0.1) is 38.7 Å². The van der Waals surface area contributed by atoms with Crippen LogP contribution >= 0.6 is 0 Å². The molecular formula is C24H27N3O5. The summed E-state index contributed by atoms with van der Waals surface area (Å²) in [7, 11) is 3.15. The summed E-state index contributed by atoms with van der Waals surface area (Å²) in [4.78, 5) is 30.3. The molecule has 1 N–H and O–H groups in total. The minimum Gasteiger partial charge on any atom is -0.497 e. The maximum Gasteiger partial charge on any atom is 0.278 e. The van der Waals surface area contributed by atoms with Crippen LogP contribution in [0.4, 0.5) is 5.69 Å². The van der Waals surface area contributed by atoms with Crippen LogP contribution in [0.15, 0.2) is 54.2 Å². The Labute approximate surface area is 187 Å². The number of anilines is 1. The van der Waals surface area contributed by atoms with Crippen LogP contribution in [-0.4, -0.2) is 75.2 Å². The highest BCUT2D eigenvalue weighted by atomic mass is 16.5. The number of benzene rings is 2. The summed E-state index contributed by atoms with van der Waals surface area (Å²) >= 11 is 0. The van der Waals surface area contributed by atoms with E-state index in [1.807, 2.05) is 18.2 Å². The Kier molecular flexibility index (Phi) is 6.72. The fourth-order valence-corrected chi connectivity index (χ4v) is 3.87. The molecule has 2 aromatic carbocycles. The number of methoxy groups -OCH3 is 2. The zero-order valence-corrected chi connectivity index (χ0v) is 18.3. The van der Waals surface area contributed by atoms with E-state index in [1.165, 1.54) is 4.90 Å². The van der Waals surface area contributed by atoms with E-state index >= 15 is 0 Å². The SMILES string of the molecule is COc1ccc(C2=C(Nc3ccccc3OC)C(=O)N(CCN3CCOCC3)C2=O)cc1. The van der Waals surface area contributed by atoms with Crippen molar-refractivity contribution in [2.75, 3.05) is 58.9 Å². The van der Waals surface area contributed by atoms with Gasteiger partial charge in [0, 0.05) is 26.2 Å². The quantitative estimate of drug-likeness (QED) is 0.635. The Balaban J connectivity index is 1.65. The van der Waals surface area contributed by atoms with E-state index < -0.39 is 0 Å². The predicted molar refractivity (Wildman–Crippen MR) is 121 cm³/mol. The summed E-state index contributed by atoms with van der Waals surface area (Å²) in [5.74, 6) is 0.599. The Morgan fingerprint density at radius 3 is 2.31 bits per heavy atom. The monoisotopic (exact) mass is 437 g/mol. The lowest BCUT2D eigenvalue weighted by atomic mass is 10.0. The van der Waals surface area contributed by atoms with Crippen molar-refractivity contribution in [3.8, 4) is 11.5 Å². The van der Waals surface area contributed by atoms with Crippen molar-refractivity contribution in [2.45, 2.75) is 0 Å². The first-order valence-corrected chi connectivity index (χ1v) is 10.6. The van der Waals surface area contributed by atoms with Crippen LogP contribution in [0.3, 0.4) is 0 Å². The van der Waals surface area contributed by atoms with E-state index in [0.717, 1.165) is 13.1 Å². The zero-order chi connectivity index (χ0) is 22.5. The molecule has 2 aliphatic heterocycles. The molecule has 0 unspecified atom stereocenters. The molecule has 2 aromatic rings. The first kappa shape index (κ1) is 21.9. The van der Waals surface area contributed by atoms with Crippen LogP contribution in [0.25, 0.3) is 5.57 Å². The number of hydrogen-bond donors (Lipinski definition) is 1. The lowest BCUT2D eigenvalue weighted by Crippen LogP contribution is -2.43. The van der Waals surface area contributed by atoms with Gasteiger partial charge in [0.1, 0.15) is 17.2 Å². The lowest BCUT2D eigenvalue weighted by molar-refractivity contribution is -0.137. The van der Waals surface area contributed by atoms with Crippen molar-refractivity contribution in [1.82, 2.24) is 9.80 Å². The number of amides is 2. The molecule has 0 aliphatic carbocycles. The zero-order valence-electron chi connectivity index (χ0n) is 18.3. The van der Waals surface area contributed by atoms with Gasteiger partial charge in [-0.15, -0.1) is 0 Å². The van der Waals surface area contributed by atoms with Gasteiger partial charge in [-0.25, -0.2) is 0 Å². The van der Waals surface area contributed by atoms with Gasteiger partial charge in [-0.05, 0) is 29.8 Å². The largest absolute Gasteiger partial charge is 0.497 e. The van der Waals surface area contributed by atoms with Gasteiger partial charge in [0.2, 0.25) is 0 Å². The summed E-state index contributed by atoms with van der Waals surface area (Å²) in [5, 5.41) is 3.16. The molecule has 2 amide bonds. The highest BCUT2D eigenvalue weighted by molar-refractivity contribution is 6.36. The number of morpholine rings is 1. The second-order valence-electron chi connectivity index (χ2n) is 7.52. The molecule has 168 valence electrons. The van der Waals surface area contributed by atoms with E-state index in [-0.39, 0.29) is 17.5 Å². The Morgan fingerprint density at radius 2 is 1.62 bits per heavy atom.